The number of ether oxygens (including phenoxy) is 1. The summed E-state index contributed by atoms with van der Waals surface area (Å²) in [6, 6.07) is 25.5. The molecule has 0 fully saturated rings. The summed E-state index contributed by atoms with van der Waals surface area (Å²) in [4.78, 5) is 14.4. The maximum atomic E-state index is 12.3. The fraction of sp³-hybridized carbons (Fsp3) is 0.136. The summed E-state index contributed by atoms with van der Waals surface area (Å²) < 4.78 is 5.34. The third-order valence-corrected chi connectivity index (χ3v) is 5.06. The molecule has 3 aromatic carbocycles. The predicted molar refractivity (Wildman–Crippen MR) is 111 cm³/mol. The van der Waals surface area contributed by atoms with Gasteiger partial charge in [-0.25, -0.2) is 4.79 Å². The molecule has 138 valence electrons. The first-order chi connectivity index (χ1) is 13.3. The van der Waals surface area contributed by atoms with E-state index in [4.69, 9.17) is 4.74 Å². The van der Waals surface area contributed by atoms with Gasteiger partial charge in [0.25, 0.3) is 0 Å². The van der Waals surface area contributed by atoms with Gasteiger partial charge in [0.2, 0.25) is 0 Å². The Labute approximate surface area is 164 Å². The first kappa shape index (κ1) is 18.9. The quantitative estimate of drug-likeness (QED) is 0.593. The van der Waals surface area contributed by atoms with E-state index < -0.39 is 0 Å². The zero-order chi connectivity index (χ0) is 18.9. The van der Waals surface area contributed by atoms with Crippen molar-refractivity contribution in [2.45, 2.75) is 16.2 Å². The molecule has 0 bridgehead atoms. The zero-order valence-electron chi connectivity index (χ0n) is 15.1. The summed E-state index contributed by atoms with van der Waals surface area (Å²) in [5.41, 5.74) is 1.86. The second kappa shape index (κ2) is 9.69. The van der Waals surface area contributed by atoms with Crippen LogP contribution in [-0.4, -0.2) is 19.7 Å². The van der Waals surface area contributed by atoms with Crippen molar-refractivity contribution in [3.63, 3.8) is 0 Å². The predicted octanol–water partition coefficient (Wildman–Crippen LogP) is 5.21. The molecule has 2 amide bonds. The van der Waals surface area contributed by atoms with Crippen molar-refractivity contribution in [2.75, 3.05) is 19.0 Å². The minimum atomic E-state index is -0.217. The Balaban J connectivity index is 1.56. The highest BCUT2D eigenvalue weighted by Crippen LogP contribution is 2.33. The van der Waals surface area contributed by atoms with E-state index in [1.54, 1.807) is 18.9 Å². The van der Waals surface area contributed by atoms with Crippen molar-refractivity contribution in [3.05, 3.63) is 84.4 Å². The van der Waals surface area contributed by atoms with E-state index in [1.807, 2.05) is 66.7 Å². The molecule has 0 spiro atoms. The number of hydrogen-bond acceptors (Lipinski definition) is 3. The molecule has 5 heteroatoms. The van der Waals surface area contributed by atoms with Crippen LogP contribution < -0.4 is 15.4 Å². The molecule has 0 aliphatic carbocycles. The Morgan fingerprint density at radius 3 is 2.44 bits per heavy atom. The molecule has 4 nitrogen and oxygen atoms in total. The van der Waals surface area contributed by atoms with Crippen molar-refractivity contribution in [1.29, 1.82) is 0 Å². The number of nitrogens with one attached hydrogen (secondary N) is 2. The summed E-state index contributed by atoms with van der Waals surface area (Å²) in [7, 11) is 1.65. The van der Waals surface area contributed by atoms with Gasteiger partial charge in [-0.3, -0.25) is 0 Å². The van der Waals surface area contributed by atoms with Gasteiger partial charge in [-0.1, -0.05) is 60.3 Å². The molecular weight excluding hydrogens is 356 g/mol. The van der Waals surface area contributed by atoms with Crippen LogP contribution in [0.3, 0.4) is 0 Å². The average molecular weight is 378 g/mol. The van der Waals surface area contributed by atoms with Crippen molar-refractivity contribution < 1.29 is 9.53 Å². The molecule has 0 aliphatic rings. The minimum Gasteiger partial charge on any atom is -0.496 e. The van der Waals surface area contributed by atoms with Crippen LogP contribution in [0, 0.1) is 0 Å². The van der Waals surface area contributed by atoms with E-state index in [0.29, 0.717) is 13.0 Å². The number of rotatable bonds is 7. The van der Waals surface area contributed by atoms with E-state index >= 15 is 0 Å². The second-order valence-electron chi connectivity index (χ2n) is 5.85. The number of hydrogen-bond donors (Lipinski definition) is 2. The van der Waals surface area contributed by atoms with E-state index in [-0.39, 0.29) is 6.03 Å². The van der Waals surface area contributed by atoms with Gasteiger partial charge in [0.1, 0.15) is 5.75 Å². The lowest BCUT2D eigenvalue weighted by atomic mass is 10.1. The minimum absolute atomic E-state index is 0.217. The van der Waals surface area contributed by atoms with E-state index in [9.17, 15) is 4.79 Å². The first-order valence-electron chi connectivity index (χ1n) is 8.75. The van der Waals surface area contributed by atoms with Gasteiger partial charge in [-0.05, 0) is 42.3 Å². The summed E-state index contributed by atoms with van der Waals surface area (Å²) in [6.07, 6.45) is 0.706. The number of para-hydroxylation sites is 2. The Morgan fingerprint density at radius 2 is 1.63 bits per heavy atom. The maximum absolute atomic E-state index is 12.3. The monoisotopic (exact) mass is 378 g/mol. The molecule has 0 unspecified atom stereocenters. The van der Waals surface area contributed by atoms with Gasteiger partial charge in [0.05, 0.1) is 12.8 Å². The number of benzene rings is 3. The Kier molecular flexibility index (Phi) is 6.77. The topological polar surface area (TPSA) is 50.4 Å². The fourth-order valence-corrected chi connectivity index (χ4v) is 3.58. The van der Waals surface area contributed by atoms with Gasteiger partial charge in [0.15, 0.2) is 0 Å². The van der Waals surface area contributed by atoms with Crippen LogP contribution in [0.5, 0.6) is 5.75 Å². The first-order valence-corrected chi connectivity index (χ1v) is 9.56. The molecule has 3 rings (SSSR count). The smallest absolute Gasteiger partial charge is 0.319 e. The van der Waals surface area contributed by atoms with Gasteiger partial charge >= 0.3 is 6.03 Å². The fourth-order valence-electron chi connectivity index (χ4n) is 2.66. The van der Waals surface area contributed by atoms with Crippen LogP contribution in [-0.2, 0) is 6.42 Å². The largest absolute Gasteiger partial charge is 0.496 e. The Morgan fingerprint density at radius 1 is 0.926 bits per heavy atom. The van der Waals surface area contributed by atoms with Gasteiger partial charge < -0.3 is 15.4 Å². The molecule has 0 heterocycles. The highest BCUT2D eigenvalue weighted by Gasteiger charge is 2.08. The number of methoxy groups -OCH3 is 1. The summed E-state index contributed by atoms with van der Waals surface area (Å²) in [6.45, 7) is 0.528. The van der Waals surface area contributed by atoms with Gasteiger partial charge in [-0.2, -0.15) is 0 Å². The lowest BCUT2D eigenvalue weighted by Crippen LogP contribution is -2.30. The van der Waals surface area contributed by atoms with Crippen molar-refractivity contribution in [1.82, 2.24) is 5.32 Å². The number of urea groups is 1. The third kappa shape index (κ3) is 5.53. The SMILES string of the molecule is COc1ccccc1CCNC(=O)Nc1ccccc1Sc1ccccc1. The van der Waals surface area contributed by atoms with E-state index in [2.05, 4.69) is 22.8 Å². The summed E-state index contributed by atoms with van der Waals surface area (Å²) in [5, 5.41) is 5.85. The zero-order valence-corrected chi connectivity index (χ0v) is 16.0. The van der Waals surface area contributed by atoms with Crippen molar-refractivity contribution in [2.24, 2.45) is 0 Å². The summed E-state index contributed by atoms with van der Waals surface area (Å²) >= 11 is 1.62. The Bertz CT molecular complexity index is 884. The van der Waals surface area contributed by atoms with Crippen LogP contribution >= 0.6 is 11.8 Å². The number of carbonyl (C=O) groups is 1. The molecule has 0 radical (unpaired) electrons. The number of amides is 2. The van der Waals surface area contributed by atoms with Crippen LogP contribution in [0.1, 0.15) is 5.56 Å². The standard InChI is InChI=1S/C22H22N2O2S/c1-26-20-13-7-5-9-17(20)15-16-23-22(25)24-19-12-6-8-14-21(19)27-18-10-3-2-4-11-18/h2-14H,15-16H2,1H3,(H2,23,24,25). The summed E-state index contributed by atoms with van der Waals surface area (Å²) in [5.74, 6) is 0.837. The molecule has 27 heavy (non-hydrogen) atoms. The van der Waals surface area contributed by atoms with Crippen LogP contribution in [0.25, 0.3) is 0 Å². The van der Waals surface area contributed by atoms with E-state index in [1.165, 1.54) is 0 Å². The molecule has 0 saturated carbocycles. The van der Waals surface area contributed by atoms with Crippen molar-refractivity contribution >= 4 is 23.5 Å². The highest BCUT2D eigenvalue weighted by molar-refractivity contribution is 7.99. The molecule has 0 atom stereocenters. The molecule has 0 aromatic heterocycles. The van der Waals surface area contributed by atoms with Crippen molar-refractivity contribution in [3.8, 4) is 5.75 Å². The van der Waals surface area contributed by atoms with Crippen LogP contribution in [0.4, 0.5) is 10.5 Å². The van der Waals surface area contributed by atoms with Gasteiger partial charge in [-0.15, -0.1) is 0 Å². The van der Waals surface area contributed by atoms with E-state index in [0.717, 1.165) is 26.8 Å². The molecule has 3 aromatic rings. The lowest BCUT2D eigenvalue weighted by molar-refractivity contribution is 0.252. The van der Waals surface area contributed by atoms with Gasteiger partial charge in [0, 0.05) is 16.3 Å². The lowest BCUT2D eigenvalue weighted by Gasteiger charge is -2.12. The second-order valence-corrected chi connectivity index (χ2v) is 6.97. The third-order valence-electron chi connectivity index (χ3n) is 3.98. The average Bonchev–Trinajstić information content (AvgIpc) is 2.70. The van der Waals surface area contributed by atoms with Crippen LogP contribution in [0.15, 0.2) is 88.7 Å². The van der Waals surface area contributed by atoms with Crippen LogP contribution in [0.2, 0.25) is 0 Å². The number of carbonyl (C=O) groups excluding carboxylic acids is 1. The molecule has 0 aliphatic heterocycles. The maximum Gasteiger partial charge on any atom is 0.319 e. The normalized spacial score (nSPS) is 10.3. The Hall–Kier alpha value is -2.92. The molecule has 0 saturated heterocycles. The number of anilines is 1. The highest BCUT2D eigenvalue weighted by atomic mass is 32.2. The molecule has 2 N–H and O–H groups in total. The molecular formula is C22H22N2O2S.